The van der Waals surface area contributed by atoms with Gasteiger partial charge in [0.15, 0.2) is 0 Å². The minimum atomic E-state index is 0.718. The van der Waals surface area contributed by atoms with Crippen molar-refractivity contribution in [2.45, 2.75) is 0 Å². The number of halogens is 1. The van der Waals surface area contributed by atoms with Gasteiger partial charge in [0.05, 0.1) is 0 Å². The molecule has 1 nitrogen and oxygen atoms in total. The maximum absolute atomic E-state index is 5.99. The fraction of sp³-hybridized carbons (Fsp3) is 0. The zero-order chi connectivity index (χ0) is 11.2. The van der Waals surface area contributed by atoms with E-state index in [0.29, 0.717) is 0 Å². The smallest absolute Gasteiger partial charge is 0.0493 e. The highest BCUT2D eigenvalue weighted by Crippen LogP contribution is 2.12. The molecule has 2 rings (SSSR count). The van der Waals surface area contributed by atoms with Crippen molar-refractivity contribution in [3.63, 3.8) is 0 Å². The first-order chi connectivity index (χ1) is 7.86. The Morgan fingerprint density at radius 3 is 2.81 bits per heavy atom. The van der Waals surface area contributed by atoms with Gasteiger partial charge in [0.1, 0.15) is 0 Å². The lowest BCUT2D eigenvalue weighted by Crippen LogP contribution is -1.80. The largest absolute Gasteiger partial charge is 0.264 e. The van der Waals surface area contributed by atoms with Crippen molar-refractivity contribution in [1.82, 2.24) is 0 Å². The summed E-state index contributed by atoms with van der Waals surface area (Å²) >= 11 is 7.66. The van der Waals surface area contributed by atoms with Crippen molar-refractivity contribution in [2.75, 3.05) is 0 Å². The number of hydrogen-bond donors (Lipinski definition) is 0. The van der Waals surface area contributed by atoms with E-state index in [0.717, 1.165) is 10.6 Å². The molecule has 0 spiro atoms. The summed E-state index contributed by atoms with van der Waals surface area (Å²) in [6.07, 6.45) is 5.49. The van der Waals surface area contributed by atoms with Crippen LogP contribution in [0.3, 0.4) is 0 Å². The molecule has 1 aromatic heterocycles. The second-order valence-electron chi connectivity index (χ2n) is 3.17. The molecular formula is C13H10ClNS. The van der Waals surface area contributed by atoms with E-state index in [4.69, 9.17) is 11.6 Å². The van der Waals surface area contributed by atoms with E-state index < -0.39 is 0 Å². The SMILES string of the molecule is Clc1ccccc1C=NC=Cc1ccsc1. The van der Waals surface area contributed by atoms with Crippen molar-refractivity contribution in [3.05, 3.63) is 63.4 Å². The lowest BCUT2D eigenvalue weighted by Gasteiger charge is -1.93. The molecule has 0 bridgehead atoms. The summed E-state index contributed by atoms with van der Waals surface area (Å²) in [4.78, 5) is 4.19. The Bertz CT molecular complexity index is 500. The third kappa shape index (κ3) is 3.05. The zero-order valence-corrected chi connectivity index (χ0v) is 10.1. The van der Waals surface area contributed by atoms with Crippen LogP contribution in [0, 0.1) is 0 Å². The van der Waals surface area contributed by atoms with Crippen LogP contribution in [0.5, 0.6) is 0 Å². The highest BCUT2D eigenvalue weighted by atomic mass is 35.5. The van der Waals surface area contributed by atoms with Crippen molar-refractivity contribution in [3.8, 4) is 0 Å². The molecule has 0 radical (unpaired) electrons. The van der Waals surface area contributed by atoms with Crippen molar-refractivity contribution >= 4 is 35.2 Å². The van der Waals surface area contributed by atoms with Gasteiger partial charge in [-0.15, -0.1) is 0 Å². The Balaban J connectivity index is 2.03. The van der Waals surface area contributed by atoms with Crippen LogP contribution in [0.4, 0.5) is 0 Å². The molecule has 0 N–H and O–H groups in total. The summed E-state index contributed by atoms with van der Waals surface area (Å²) in [7, 11) is 0. The number of rotatable bonds is 3. The quantitative estimate of drug-likeness (QED) is 0.709. The molecule has 0 saturated heterocycles. The van der Waals surface area contributed by atoms with Crippen molar-refractivity contribution in [2.24, 2.45) is 4.99 Å². The second kappa shape index (κ2) is 5.64. The van der Waals surface area contributed by atoms with Crippen LogP contribution in [0.2, 0.25) is 5.02 Å². The van der Waals surface area contributed by atoms with Gasteiger partial charge in [0, 0.05) is 23.0 Å². The molecule has 0 aliphatic carbocycles. The maximum atomic E-state index is 5.99. The maximum Gasteiger partial charge on any atom is 0.0493 e. The summed E-state index contributed by atoms with van der Waals surface area (Å²) < 4.78 is 0. The van der Waals surface area contributed by atoms with E-state index in [-0.39, 0.29) is 0 Å². The van der Waals surface area contributed by atoms with Crippen molar-refractivity contribution in [1.29, 1.82) is 0 Å². The molecule has 1 aromatic carbocycles. The highest BCUT2D eigenvalue weighted by Gasteiger charge is 1.92. The predicted molar refractivity (Wildman–Crippen MR) is 72.4 cm³/mol. The minimum Gasteiger partial charge on any atom is -0.264 e. The molecule has 0 saturated carbocycles. The monoisotopic (exact) mass is 247 g/mol. The summed E-state index contributed by atoms with van der Waals surface area (Å²) in [6, 6.07) is 9.68. The third-order valence-electron chi connectivity index (χ3n) is 2.02. The van der Waals surface area contributed by atoms with Gasteiger partial charge in [-0.3, -0.25) is 4.99 Å². The van der Waals surface area contributed by atoms with Gasteiger partial charge >= 0.3 is 0 Å². The van der Waals surface area contributed by atoms with Crippen molar-refractivity contribution < 1.29 is 0 Å². The molecule has 16 heavy (non-hydrogen) atoms. The van der Waals surface area contributed by atoms with E-state index >= 15 is 0 Å². The summed E-state index contributed by atoms with van der Waals surface area (Å²) in [5, 5.41) is 4.83. The Morgan fingerprint density at radius 2 is 2.06 bits per heavy atom. The van der Waals surface area contributed by atoms with Gasteiger partial charge in [0.25, 0.3) is 0 Å². The van der Waals surface area contributed by atoms with E-state index in [1.54, 1.807) is 23.8 Å². The van der Waals surface area contributed by atoms with E-state index in [9.17, 15) is 0 Å². The van der Waals surface area contributed by atoms with E-state index in [1.807, 2.05) is 41.8 Å². The fourth-order valence-electron chi connectivity index (χ4n) is 1.20. The highest BCUT2D eigenvalue weighted by molar-refractivity contribution is 7.08. The van der Waals surface area contributed by atoms with Crippen LogP contribution in [-0.2, 0) is 0 Å². The Hall–Kier alpha value is -1.38. The van der Waals surface area contributed by atoms with Crippen LogP contribution in [0.15, 0.2) is 52.3 Å². The summed E-state index contributed by atoms with van der Waals surface area (Å²) in [5.41, 5.74) is 2.10. The van der Waals surface area contributed by atoms with Gasteiger partial charge in [-0.05, 0) is 34.5 Å². The molecule has 3 heteroatoms. The van der Waals surface area contributed by atoms with Crippen LogP contribution < -0.4 is 0 Å². The van der Waals surface area contributed by atoms with Crippen LogP contribution >= 0.6 is 22.9 Å². The number of thiophene rings is 1. The number of hydrogen-bond acceptors (Lipinski definition) is 2. The fourth-order valence-corrected chi connectivity index (χ4v) is 2.02. The number of aliphatic imine (C=N–C) groups is 1. The third-order valence-corrected chi connectivity index (χ3v) is 3.06. The molecule has 80 valence electrons. The molecule has 1 heterocycles. The Morgan fingerprint density at radius 1 is 1.19 bits per heavy atom. The van der Waals surface area contributed by atoms with Gasteiger partial charge in [-0.1, -0.05) is 29.8 Å². The first kappa shape index (κ1) is 11.1. The van der Waals surface area contributed by atoms with Gasteiger partial charge < -0.3 is 0 Å². The topological polar surface area (TPSA) is 12.4 Å². The van der Waals surface area contributed by atoms with Crippen LogP contribution in [0.25, 0.3) is 6.08 Å². The average Bonchev–Trinajstić information content (AvgIpc) is 2.79. The molecule has 0 atom stereocenters. The molecular weight excluding hydrogens is 238 g/mol. The van der Waals surface area contributed by atoms with Gasteiger partial charge in [-0.2, -0.15) is 11.3 Å². The molecule has 2 aromatic rings. The van der Waals surface area contributed by atoms with Gasteiger partial charge in [0.2, 0.25) is 0 Å². The van der Waals surface area contributed by atoms with E-state index in [1.165, 1.54) is 5.56 Å². The Labute approximate surface area is 104 Å². The lowest BCUT2D eigenvalue weighted by atomic mass is 10.2. The standard InChI is InChI=1S/C13H10ClNS/c14-13-4-2-1-3-12(13)9-15-7-5-11-6-8-16-10-11/h1-10H. The molecule has 0 fully saturated rings. The van der Waals surface area contributed by atoms with Gasteiger partial charge in [-0.25, -0.2) is 0 Å². The van der Waals surface area contributed by atoms with Crippen LogP contribution in [0.1, 0.15) is 11.1 Å². The summed E-state index contributed by atoms with van der Waals surface area (Å²) in [6.45, 7) is 0. The molecule has 0 amide bonds. The lowest BCUT2D eigenvalue weighted by molar-refractivity contribution is 1.58. The first-order valence-electron chi connectivity index (χ1n) is 4.83. The van der Waals surface area contributed by atoms with E-state index in [2.05, 4.69) is 10.4 Å². The molecule has 0 aliphatic heterocycles. The number of benzene rings is 1. The normalized spacial score (nSPS) is 11.6. The number of nitrogens with zero attached hydrogens (tertiary/aromatic N) is 1. The summed E-state index contributed by atoms with van der Waals surface area (Å²) in [5.74, 6) is 0. The second-order valence-corrected chi connectivity index (χ2v) is 4.36. The average molecular weight is 248 g/mol. The first-order valence-corrected chi connectivity index (χ1v) is 6.15. The molecule has 0 unspecified atom stereocenters. The van der Waals surface area contributed by atoms with Crippen LogP contribution in [-0.4, -0.2) is 6.21 Å². The minimum absolute atomic E-state index is 0.718. The Kier molecular flexibility index (Phi) is 3.91. The molecule has 0 aliphatic rings. The zero-order valence-electron chi connectivity index (χ0n) is 8.51. The predicted octanol–water partition coefficient (Wildman–Crippen LogP) is 4.49.